The van der Waals surface area contributed by atoms with Gasteiger partial charge in [-0.3, -0.25) is 4.79 Å². The van der Waals surface area contributed by atoms with E-state index in [0.29, 0.717) is 13.0 Å². The van der Waals surface area contributed by atoms with Crippen LogP contribution in [0.1, 0.15) is 18.4 Å². The molecule has 2 fully saturated rings. The molecule has 1 aromatic carbocycles. The van der Waals surface area contributed by atoms with Gasteiger partial charge in [0.15, 0.2) is 0 Å². The summed E-state index contributed by atoms with van der Waals surface area (Å²) in [5, 5.41) is 2.74. The zero-order valence-corrected chi connectivity index (χ0v) is 11.0. The average molecular weight is 275 g/mol. The Morgan fingerprint density at radius 3 is 2.95 bits per heavy atom. The highest BCUT2D eigenvalue weighted by molar-refractivity contribution is 5.82. The normalized spacial score (nSPS) is 28.1. The Morgan fingerprint density at radius 1 is 1.45 bits per heavy atom. The summed E-state index contributed by atoms with van der Waals surface area (Å²) in [5.41, 5.74) is 6.25. The molecule has 0 saturated carbocycles. The number of nitrogens with zero attached hydrogens (tertiary/aromatic N) is 1. The quantitative estimate of drug-likeness (QED) is 0.826. The summed E-state index contributed by atoms with van der Waals surface area (Å²) in [6.07, 6.45) is 0.392. The van der Waals surface area contributed by atoms with Gasteiger partial charge in [-0.05, 0) is 5.56 Å². The molecule has 2 amide bonds. The molecule has 106 valence electrons. The summed E-state index contributed by atoms with van der Waals surface area (Å²) in [7, 11) is 0. The van der Waals surface area contributed by atoms with Gasteiger partial charge in [-0.2, -0.15) is 0 Å². The van der Waals surface area contributed by atoms with Crippen molar-refractivity contribution in [2.24, 2.45) is 5.73 Å². The fourth-order valence-corrected chi connectivity index (χ4v) is 2.85. The van der Waals surface area contributed by atoms with Crippen LogP contribution in [0.3, 0.4) is 0 Å². The first-order valence-corrected chi connectivity index (χ1v) is 6.66. The fourth-order valence-electron chi connectivity index (χ4n) is 2.85. The van der Waals surface area contributed by atoms with Crippen LogP contribution in [0.25, 0.3) is 0 Å². The zero-order valence-electron chi connectivity index (χ0n) is 11.0. The van der Waals surface area contributed by atoms with E-state index in [4.69, 9.17) is 10.5 Å². The molecule has 2 saturated heterocycles. The number of nitrogens with one attached hydrogen (secondary N) is 1. The highest BCUT2D eigenvalue weighted by Gasteiger charge is 2.53. The van der Waals surface area contributed by atoms with Crippen LogP contribution >= 0.6 is 0 Å². The van der Waals surface area contributed by atoms with Crippen molar-refractivity contribution in [3.8, 4) is 0 Å². The molecule has 6 nitrogen and oxygen atoms in total. The second-order valence-corrected chi connectivity index (χ2v) is 5.29. The summed E-state index contributed by atoms with van der Waals surface area (Å²) in [6, 6.07) is 9.17. The molecule has 1 aromatic rings. The number of rotatable bonds is 2. The smallest absolute Gasteiger partial charge is 0.410 e. The van der Waals surface area contributed by atoms with Gasteiger partial charge in [-0.15, -0.1) is 0 Å². The molecule has 2 aliphatic heterocycles. The first-order chi connectivity index (χ1) is 9.58. The van der Waals surface area contributed by atoms with Crippen LogP contribution in [0.5, 0.6) is 0 Å². The highest BCUT2D eigenvalue weighted by Crippen LogP contribution is 2.31. The molecule has 0 bridgehead atoms. The Kier molecular flexibility index (Phi) is 3.10. The van der Waals surface area contributed by atoms with Crippen molar-refractivity contribution in [1.29, 1.82) is 0 Å². The number of hydrogen-bond donors (Lipinski definition) is 2. The second-order valence-electron chi connectivity index (χ2n) is 5.29. The topological polar surface area (TPSA) is 84.7 Å². The summed E-state index contributed by atoms with van der Waals surface area (Å²) >= 11 is 0. The van der Waals surface area contributed by atoms with Gasteiger partial charge in [0.25, 0.3) is 0 Å². The maximum absolute atomic E-state index is 12.1. The third-order valence-corrected chi connectivity index (χ3v) is 3.93. The Labute approximate surface area is 116 Å². The van der Waals surface area contributed by atoms with Crippen LogP contribution in [-0.2, 0) is 16.1 Å². The molecule has 2 aliphatic rings. The van der Waals surface area contributed by atoms with E-state index in [2.05, 4.69) is 5.32 Å². The third-order valence-electron chi connectivity index (χ3n) is 3.93. The number of carbonyl (C=O) groups is 2. The van der Waals surface area contributed by atoms with Crippen LogP contribution in [0.4, 0.5) is 4.79 Å². The van der Waals surface area contributed by atoms with Crippen LogP contribution in [0.2, 0.25) is 0 Å². The van der Waals surface area contributed by atoms with Crippen LogP contribution in [-0.4, -0.2) is 35.1 Å². The lowest BCUT2D eigenvalue weighted by atomic mass is 10.0. The van der Waals surface area contributed by atoms with E-state index in [1.807, 2.05) is 30.3 Å². The minimum atomic E-state index is -0.789. The molecule has 2 atom stereocenters. The van der Waals surface area contributed by atoms with E-state index in [0.717, 1.165) is 5.56 Å². The molecular weight excluding hydrogens is 258 g/mol. The summed E-state index contributed by atoms with van der Waals surface area (Å²) in [4.78, 5) is 25.1. The zero-order chi connectivity index (χ0) is 14.2. The number of likely N-dealkylation sites (tertiary alicyclic amines) is 1. The van der Waals surface area contributed by atoms with E-state index < -0.39 is 11.8 Å². The Morgan fingerprint density at radius 2 is 2.20 bits per heavy atom. The minimum absolute atomic E-state index is 0.113. The van der Waals surface area contributed by atoms with Gasteiger partial charge in [-0.25, -0.2) is 4.79 Å². The standard InChI is InChI=1S/C14H17N3O3/c15-14-6-7-17(11(14)8-12(18)16-14)13(19)20-9-10-4-2-1-3-5-10/h1-5,11H,6-9,15H2,(H,16,18)/t11-,14+/m1/s1. The number of amides is 2. The lowest BCUT2D eigenvalue weighted by Crippen LogP contribution is -2.56. The Hall–Kier alpha value is -2.08. The maximum Gasteiger partial charge on any atom is 0.410 e. The largest absolute Gasteiger partial charge is 0.445 e. The number of benzene rings is 1. The van der Waals surface area contributed by atoms with Gasteiger partial charge in [0.1, 0.15) is 12.3 Å². The molecule has 0 spiro atoms. The van der Waals surface area contributed by atoms with Crippen LogP contribution in [0, 0.1) is 0 Å². The number of carbonyl (C=O) groups excluding carboxylic acids is 2. The van der Waals surface area contributed by atoms with Crippen molar-refractivity contribution in [2.45, 2.75) is 31.2 Å². The molecule has 20 heavy (non-hydrogen) atoms. The SMILES string of the molecule is N[C@]12CCN(C(=O)OCc3ccccc3)[C@@H]1CC(=O)N2. The molecule has 2 heterocycles. The van der Waals surface area contributed by atoms with Gasteiger partial charge < -0.3 is 20.7 Å². The van der Waals surface area contributed by atoms with Crippen LogP contribution < -0.4 is 11.1 Å². The minimum Gasteiger partial charge on any atom is -0.445 e. The van der Waals surface area contributed by atoms with Crippen molar-refractivity contribution in [3.05, 3.63) is 35.9 Å². The highest BCUT2D eigenvalue weighted by atomic mass is 16.6. The van der Waals surface area contributed by atoms with E-state index in [9.17, 15) is 9.59 Å². The van der Waals surface area contributed by atoms with Gasteiger partial charge in [-0.1, -0.05) is 30.3 Å². The Balaban J connectivity index is 1.62. The van der Waals surface area contributed by atoms with E-state index >= 15 is 0 Å². The van der Waals surface area contributed by atoms with E-state index in [1.165, 1.54) is 0 Å². The lowest BCUT2D eigenvalue weighted by Gasteiger charge is -2.27. The van der Waals surface area contributed by atoms with Crippen LogP contribution in [0.15, 0.2) is 30.3 Å². The van der Waals surface area contributed by atoms with Crippen molar-refractivity contribution in [2.75, 3.05) is 6.54 Å². The lowest BCUT2D eigenvalue weighted by molar-refractivity contribution is -0.120. The van der Waals surface area contributed by atoms with Crippen molar-refractivity contribution >= 4 is 12.0 Å². The molecule has 6 heteroatoms. The predicted octanol–water partition coefficient (Wildman–Crippen LogP) is 0.572. The molecule has 0 aromatic heterocycles. The fraction of sp³-hybridized carbons (Fsp3) is 0.429. The second kappa shape index (κ2) is 4.79. The molecule has 3 rings (SSSR count). The average Bonchev–Trinajstić information content (AvgIpc) is 2.89. The molecule has 0 aliphatic carbocycles. The van der Waals surface area contributed by atoms with E-state index in [-0.39, 0.29) is 25.0 Å². The van der Waals surface area contributed by atoms with Gasteiger partial charge in [0.05, 0.1) is 12.5 Å². The van der Waals surface area contributed by atoms with E-state index in [1.54, 1.807) is 4.90 Å². The van der Waals surface area contributed by atoms with Gasteiger partial charge >= 0.3 is 6.09 Å². The number of hydrogen-bond acceptors (Lipinski definition) is 4. The molecule has 3 N–H and O–H groups in total. The van der Waals surface area contributed by atoms with Crippen molar-refractivity contribution < 1.29 is 14.3 Å². The first-order valence-electron chi connectivity index (χ1n) is 6.66. The molecular formula is C14H17N3O3. The van der Waals surface area contributed by atoms with Gasteiger partial charge in [0.2, 0.25) is 5.91 Å². The molecule has 0 unspecified atom stereocenters. The van der Waals surface area contributed by atoms with Gasteiger partial charge in [0, 0.05) is 13.0 Å². The van der Waals surface area contributed by atoms with Crippen molar-refractivity contribution in [3.63, 3.8) is 0 Å². The maximum atomic E-state index is 12.1. The summed E-state index contributed by atoms with van der Waals surface area (Å²) in [6.45, 7) is 0.733. The number of nitrogens with two attached hydrogens (primary N) is 1. The monoisotopic (exact) mass is 275 g/mol. The first kappa shape index (κ1) is 12.9. The Bertz CT molecular complexity index is 534. The number of ether oxygens (including phenoxy) is 1. The summed E-state index contributed by atoms with van der Waals surface area (Å²) in [5.74, 6) is -0.113. The predicted molar refractivity (Wildman–Crippen MR) is 71.4 cm³/mol. The van der Waals surface area contributed by atoms with Crippen molar-refractivity contribution in [1.82, 2.24) is 10.2 Å². The summed E-state index contributed by atoms with van der Waals surface area (Å²) < 4.78 is 5.29. The third kappa shape index (κ3) is 2.22. The number of fused-ring (bicyclic) bond motifs is 1. The molecule has 0 radical (unpaired) electrons.